The second kappa shape index (κ2) is 5.74. The summed E-state index contributed by atoms with van der Waals surface area (Å²) in [6.45, 7) is 2.52. The van der Waals surface area contributed by atoms with Crippen molar-refractivity contribution in [2.75, 3.05) is 6.61 Å². The Morgan fingerprint density at radius 1 is 1.00 bits per heavy atom. The van der Waals surface area contributed by atoms with Crippen LogP contribution in [0.3, 0.4) is 0 Å². The van der Waals surface area contributed by atoms with E-state index in [1.54, 1.807) is 24.3 Å². The number of para-hydroxylation sites is 2. The lowest BCUT2D eigenvalue weighted by atomic mass is 10.2. The minimum Gasteiger partial charge on any atom is -0.490 e. The zero-order valence-corrected chi connectivity index (χ0v) is 10.1. The van der Waals surface area contributed by atoms with Gasteiger partial charge in [-0.2, -0.15) is 5.26 Å². The molecule has 0 unspecified atom stereocenters. The second-order valence-corrected chi connectivity index (χ2v) is 3.62. The van der Waals surface area contributed by atoms with Gasteiger partial charge in [0.15, 0.2) is 11.5 Å². The van der Waals surface area contributed by atoms with Crippen LogP contribution in [0.15, 0.2) is 48.5 Å². The molecule has 0 aliphatic carbocycles. The van der Waals surface area contributed by atoms with Crippen LogP contribution in [-0.2, 0) is 0 Å². The average Bonchev–Trinajstić information content (AvgIpc) is 2.42. The van der Waals surface area contributed by atoms with Gasteiger partial charge in [0.2, 0.25) is 0 Å². The first-order valence-electron chi connectivity index (χ1n) is 5.73. The van der Waals surface area contributed by atoms with Gasteiger partial charge in [-0.1, -0.05) is 12.1 Å². The van der Waals surface area contributed by atoms with Gasteiger partial charge in [-0.3, -0.25) is 0 Å². The van der Waals surface area contributed by atoms with Crippen molar-refractivity contribution in [3.63, 3.8) is 0 Å². The number of hydrogen-bond donors (Lipinski definition) is 0. The molecule has 0 atom stereocenters. The molecule has 3 nitrogen and oxygen atoms in total. The van der Waals surface area contributed by atoms with Crippen molar-refractivity contribution in [1.29, 1.82) is 5.26 Å². The predicted molar refractivity (Wildman–Crippen MR) is 68.8 cm³/mol. The SMILES string of the molecule is CCOc1ccccc1Oc1ccc(C#N)cc1. The van der Waals surface area contributed by atoms with Gasteiger partial charge in [-0.15, -0.1) is 0 Å². The third kappa shape index (κ3) is 2.80. The van der Waals surface area contributed by atoms with E-state index >= 15 is 0 Å². The van der Waals surface area contributed by atoms with Crippen molar-refractivity contribution in [1.82, 2.24) is 0 Å². The van der Waals surface area contributed by atoms with E-state index in [0.717, 1.165) is 0 Å². The van der Waals surface area contributed by atoms with Crippen molar-refractivity contribution in [3.05, 3.63) is 54.1 Å². The van der Waals surface area contributed by atoms with Crippen molar-refractivity contribution < 1.29 is 9.47 Å². The number of ether oxygens (including phenoxy) is 2. The number of hydrogen-bond acceptors (Lipinski definition) is 3. The quantitative estimate of drug-likeness (QED) is 0.816. The highest BCUT2D eigenvalue weighted by Crippen LogP contribution is 2.31. The Balaban J connectivity index is 2.20. The number of rotatable bonds is 4. The molecule has 18 heavy (non-hydrogen) atoms. The molecule has 0 fully saturated rings. The van der Waals surface area contributed by atoms with Crippen LogP contribution in [0, 0.1) is 11.3 Å². The molecular formula is C15H13NO2. The average molecular weight is 239 g/mol. The first-order chi connectivity index (χ1) is 8.83. The summed E-state index contributed by atoms with van der Waals surface area (Å²) in [5, 5.41) is 8.72. The highest BCUT2D eigenvalue weighted by atomic mass is 16.5. The van der Waals surface area contributed by atoms with Gasteiger partial charge in [-0.05, 0) is 43.3 Å². The van der Waals surface area contributed by atoms with Crippen LogP contribution in [0.5, 0.6) is 17.2 Å². The predicted octanol–water partition coefficient (Wildman–Crippen LogP) is 3.75. The molecule has 0 N–H and O–H groups in total. The lowest BCUT2D eigenvalue weighted by Gasteiger charge is -2.11. The summed E-state index contributed by atoms with van der Waals surface area (Å²) < 4.78 is 11.2. The van der Waals surface area contributed by atoms with Crippen LogP contribution in [-0.4, -0.2) is 6.61 Å². The number of nitrogens with zero attached hydrogens (tertiary/aromatic N) is 1. The van der Waals surface area contributed by atoms with Gasteiger partial charge in [0.25, 0.3) is 0 Å². The summed E-state index contributed by atoms with van der Waals surface area (Å²) in [4.78, 5) is 0. The fraction of sp³-hybridized carbons (Fsp3) is 0.133. The van der Waals surface area contributed by atoms with E-state index in [1.807, 2.05) is 31.2 Å². The molecule has 2 rings (SSSR count). The van der Waals surface area contributed by atoms with Gasteiger partial charge in [0.05, 0.1) is 18.2 Å². The molecule has 2 aromatic rings. The van der Waals surface area contributed by atoms with Crippen LogP contribution in [0.2, 0.25) is 0 Å². The molecule has 0 bridgehead atoms. The molecule has 0 radical (unpaired) electrons. The maximum atomic E-state index is 8.72. The molecule has 0 aliphatic rings. The molecule has 90 valence electrons. The number of benzene rings is 2. The van der Waals surface area contributed by atoms with E-state index in [2.05, 4.69) is 6.07 Å². The standard InChI is InChI=1S/C15H13NO2/c1-2-17-14-5-3-4-6-15(14)18-13-9-7-12(11-16)8-10-13/h3-10H,2H2,1H3. The van der Waals surface area contributed by atoms with Crippen molar-refractivity contribution in [2.45, 2.75) is 6.92 Å². The lowest BCUT2D eigenvalue weighted by molar-refractivity contribution is 0.321. The van der Waals surface area contributed by atoms with E-state index in [1.165, 1.54) is 0 Å². The summed E-state index contributed by atoms with van der Waals surface area (Å²) in [6.07, 6.45) is 0. The summed E-state index contributed by atoms with van der Waals surface area (Å²) in [5.74, 6) is 2.06. The Bertz CT molecular complexity index is 555. The van der Waals surface area contributed by atoms with Gasteiger partial charge >= 0.3 is 0 Å². The summed E-state index contributed by atoms with van der Waals surface area (Å²) in [6, 6.07) is 16.5. The first-order valence-corrected chi connectivity index (χ1v) is 5.73. The van der Waals surface area contributed by atoms with Gasteiger partial charge in [0.1, 0.15) is 5.75 Å². The van der Waals surface area contributed by atoms with E-state index in [4.69, 9.17) is 14.7 Å². The van der Waals surface area contributed by atoms with Crippen LogP contribution in [0.25, 0.3) is 0 Å². The molecule has 0 aliphatic heterocycles. The minimum atomic E-state index is 0.591. The molecule has 0 saturated heterocycles. The second-order valence-electron chi connectivity index (χ2n) is 3.62. The third-order valence-electron chi connectivity index (χ3n) is 2.36. The Morgan fingerprint density at radius 3 is 2.28 bits per heavy atom. The normalized spacial score (nSPS) is 9.56. The van der Waals surface area contributed by atoms with E-state index in [0.29, 0.717) is 29.4 Å². The molecule has 3 heteroatoms. The largest absolute Gasteiger partial charge is 0.490 e. The van der Waals surface area contributed by atoms with Crippen molar-refractivity contribution >= 4 is 0 Å². The molecule has 0 spiro atoms. The molecule has 0 saturated carbocycles. The molecule has 0 aromatic heterocycles. The Morgan fingerprint density at radius 2 is 1.67 bits per heavy atom. The monoisotopic (exact) mass is 239 g/mol. The van der Waals surface area contributed by atoms with Crippen molar-refractivity contribution in [3.8, 4) is 23.3 Å². The number of nitriles is 1. The summed E-state index contributed by atoms with van der Waals surface area (Å²) in [7, 11) is 0. The van der Waals surface area contributed by atoms with E-state index in [9.17, 15) is 0 Å². The molecule has 2 aromatic carbocycles. The van der Waals surface area contributed by atoms with E-state index in [-0.39, 0.29) is 0 Å². The minimum absolute atomic E-state index is 0.591. The maximum Gasteiger partial charge on any atom is 0.169 e. The lowest BCUT2D eigenvalue weighted by Crippen LogP contribution is -1.94. The fourth-order valence-corrected chi connectivity index (χ4v) is 1.53. The zero-order chi connectivity index (χ0) is 12.8. The fourth-order valence-electron chi connectivity index (χ4n) is 1.53. The maximum absolute atomic E-state index is 8.72. The van der Waals surface area contributed by atoms with Crippen LogP contribution >= 0.6 is 0 Å². The smallest absolute Gasteiger partial charge is 0.169 e. The van der Waals surface area contributed by atoms with Crippen LogP contribution in [0.4, 0.5) is 0 Å². The summed E-state index contributed by atoms with van der Waals surface area (Å²) >= 11 is 0. The third-order valence-corrected chi connectivity index (χ3v) is 2.36. The van der Waals surface area contributed by atoms with Gasteiger partial charge < -0.3 is 9.47 Å². The molecule has 0 heterocycles. The molecular weight excluding hydrogens is 226 g/mol. The Labute approximate surface area is 106 Å². The Hall–Kier alpha value is -2.47. The van der Waals surface area contributed by atoms with Crippen LogP contribution < -0.4 is 9.47 Å². The first kappa shape index (κ1) is 12.0. The summed E-state index contributed by atoms with van der Waals surface area (Å²) in [5.41, 5.74) is 0.612. The highest BCUT2D eigenvalue weighted by Gasteiger charge is 2.04. The van der Waals surface area contributed by atoms with E-state index < -0.39 is 0 Å². The van der Waals surface area contributed by atoms with Crippen LogP contribution in [0.1, 0.15) is 12.5 Å². The van der Waals surface area contributed by atoms with Gasteiger partial charge in [0, 0.05) is 0 Å². The highest BCUT2D eigenvalue weighted by molar-refractivity contribution is 5.43. The Kier molecular flexibility index (Phi) is 3.83. The topological polar surface area (TPSA) is 42.2 Å². The van der Waals surface area contributed by atoms with Crippen molar-refractivity contribution in [2.24, 2.45) is 0 Å². The molecule has 0 amide bonds. The zero-order valence-electron chi connectivity index (χ0n) is 10.1. The van der Waals surface area contributed by atoms with Gasteiger partial charge in [-0.25, -0.2) is 0 Å².